The molecule has 2 aliphatic heterocycles. The smallest absolute Gasteiger partial charge is 0.263 e. The van der Waals surface area contributed by atoms with Crippen molar-refractivity contribution < 1.29 is 17.9 Å². The van der Waals surface area contributed by atoms with Gasteiger partial charge in [0.1, 0.15) is 9.96 Å². The van der Waals surface area contributed by atoms with Crippen LogP contribution in [0, 0.1) is 0 Å². The molecule has 0 aliphatic carbocycles. The van der Waals surface area contributed by atoms with Crippen molar-refractivity contribution >= 4 is 38.9 Å². The number of carbonyl (C=O) groups excluding carboxylic acids is 1. The highest BCUT2D eigenvalue weighted by atomic mass is 35.5. The lowest BCUT2D eigenvalue weighted by Gasteiger charge is -2.33. The third kappa shape index (κ3) is 3.99. The van der Waals surface area contributed by atoms with Gasteiger partial charge in [0.05, 0.1) is 0 Å². The van der Waals surface area contributed by atoms with E-state index in [-0.39, 0.29) is 11.9 Å². The van der Waals surface area contributed by atoms with Gasteiger partial charge in [0, 0.05) is 30.6 Å². The van der Waals surface area contributed by atoms with Crippen LogP contribution in [0.1, 0.15) is 18.4 Å². The van der Waals surface area contributed by atoms with E-state index in [4.69, 9.17) is 16.3 Å². The Morgan fingerprint density at radius 1 is 1.26 bits per heavy atom. The van der Waals surface area contributed by atoms with Gasteiger partial charge >= 0.3 is 0 Å². The van der Waals surface area contributed by atoms with E-state index in [1.807, 2.05) is 6.07 Å². The van der Waals surface area contributed by atoms with Crippen LogP contribution in [0.4, 0.5) is 0 Å². The van der Waals surface area contributed by atoms with Crippen LogP contribution in [0.2, 0.25) is 5.02 Å². The number of hydrogen-bond acceptors (Lipinski definition) is 5. The number of hydrogen-bond donors (Lipinski definition) is 1. The zero-order valence-electron chi connectivity index (χ0n) is 14.4. The number of ether oxygens (including phenoxy) is 1. The molecule has 0 saturated carbocycles. The molecule has 144 valence electrons. The average molecular weight is 427 g/mol. The summed E-state index contributed by atoms with van der Waals surface area (Å²) < 4.78 is 33.5. The summed E-state index contributed by atoms with van der Waals surface area (Å²) in [4.78, 5) is 14.5. The molecule has 1 saturated heterocycles. The highest BCUT2D eigenvalue weighted by Crippen LogP contribution is 2.32. The lowest BCUT2D eigenvalue weighted by molar-refractivity contribution is -0.139. The van der Waals surface area contributed by atoms with Gasteiger partial charge in [0.15, 0.2) is 6.10 Å². The van der Waals surface area contributed by atoms with Crippen LogP contribution >= 0.6 is 22.9 Å². The van der Waals surface area contributed by atoms with Gasteiger partial charge < -0.3 is 9.64 Å². The van der Waals surface area contributed by atoms with Gasteiger partial charge in [-0.2, -0.15) is 0 Å². The van der Waals surface area contributed by atoms with E-state index < -0.39 is 16.1 Å². The van der Waals surface area contributed by atoms with Crippen LogP contribution in [0.3, 0.4) is 0 Å². The van der Waals surface area contributed by atoms with Crippen molar-refractivity contribution in [2.75, 3.05) is 13.1 Å². The third-order valence-electron chi connectivity index (χ3n) is 4.86. The summed E-state index contributed by atoms with van der Waals surface area (Å²) in [6.07, 6.45) is 1.15. The number of benzene rings is 1. The summed E-state index contributed by atoms with van der Waals surface area (Å²) >= 11 is 7.19. The number of piperidine rings is 1. The first kappa shape index (κ1) is 18.7. The second-order valence-electron chi connectivity index (χ2n) is 6.72. The summed E-state index contributed by atoms with van der Waals surface area (Å²) in [7, 11) is -3.48. The van der Waals surface area contributed by atoms with Crippen LogP contribution in [0.25, 0.3) is 0 Å². The molecular weight excluding hydrogens is 408 g/mol. The molecule has 27 heavy (non-hydrogen) atoms. The zero-order valence-corrected chi connectivity index (χ0v) is 16.8. The van der Waals surface area contributed by atoms with E-state index in [0.29, 0.717) is 47.3 Å². The number of thiophene rings is 1. The normalized spacial score (nSPS) is 20.3. The molecule has 2 aromatic rings. The first-order chi connectivity index (χ1) is 12.9. The van der Waals surface area contributed by atoms with Crippen molar-refractivity contribution in [2.24, 2.45) is 0 Å². The minimum atomic E-state index is -3.48. The molecule has 0 spiro atoms. The van der Waals surface area contributed by atoms with Gasteiger partial charge in [-0.15, -0.1) is 11.3 Å². The standard InChI is InChI=1S/C18H19ClN2O4S2/c19-13-3-4-15-12(10-13)11-16(25-15)18(22)21-7-5-14(6-8-21)20-27(23,24)17-2-1-9-26-17/h1-4,9-10,14,16,20H,5-8,11H2. The number of fused-ring (bicyclic) bond motifs is 1. The lowest BCUT2D eigenvalue weighted by Crippen LogP contribution is -2.49. The van der Waals surface area contributed by atoms with Gasteiger partial charge in [-0.25, -0.2) is 13.1 Å². The first-order valence-corrected chi connectivity index (χ1v) is 11.5. The Balaban J connectivity index is 1.33. The van der Waals surface area contributed by atoms with E-state index in [0.717, 1.165) is 5.56 Å². The quantitative estimate of drug-likeness (QED) is 0.815. The minimum absolute atomic E-state index is 0.0538. The fourth-order valence-corrected chi connectivity index (χ4v) is 5.98. The highest BCUT2D eigenvalue weighted by molar-refractivity contribution is 7.91. The number of sulfonamides is 1. The molecule has 1 unspecified atom stereocenters. The summed E-state index contributed by atoms with van der Waals surface area (Å²) in [5.74, 6) is 0.651. The SMILES string of the molecule is O=C(C1Cc2cc(Cl)ccc2O1)N1CCC(NS(=O)(=O)c2cccs2)CC1. The average Bonchev–Trinajstić information content (AvgIpc) is 3.31. The van der Waals surface area contributed by atoms with Crippen LogP contribution in [-0.4, -0.2) is 44.5 Å². The van der Waals surface area contributed by atoms with E-state index >= 15 is 0 Å². The Morgan fingerprint density at radius 3 is 2.74 bits per heavy atom. The van der Waals surface area contributed by atoms with E-state index in [2.05, 4.69) is 4.72 Å². The maximum atomic E-state index is 12.8. The number of halogens is 1. The Kier molecular flexibility index (Phi) is 5.15. The highest BCUT2D eigenvalue weighted by Gasteiger charge is 2.35. The molecule has 0 radical (unpaired) electrons. The Hall–Kier alpha value is -1.61. The lowest BCUT2D eigenvalue weighted by atomic mass is 10.0. The van der Waals surface area contributed by atoms with Gasteiger partial charge in [-0.1, -0.05) is 17.7 Å². The van der Waals surface area contributed by atoms with Crippen molar-refractivity contribution in [3.8, 4) is 5.75 Å². The monoisotopic (exact) mass is 426 g/mol. The van der Waals surface area contributed by atoms with Crippen LogP contribution in [0.5, 0.6) is 5.75 Å². The maximum absolute atomic E-state index is 12.8. The molecule has 2 aliphatic rings. The number of nitrogens with one attached hydrogen (secondary N) is 1. The summed E-state index contributed by atoms with van der Waals surface area (Å²) in [6.45, 7) is 1.01. The molecule has 6 nitrogen and oxygen atoms in total. The molecule has 9 heteroatoms. The Bertz CT molecular complexity index is 938. The third-order valence-corrected chi connectivity index (χ3v) is 8.01. The Morgan fingerprint density at radius 2 is 2.04 bits per heavy atom. The number of likely N-dealkylation sites (tertiary alicyclic amines) is 1. The van der Waals surface area contributed by atoms with Crippen molar-refractivity contribution in [2.45, 2.75) is 35.6 Å². The second-order valence-corrected chi connectivity index (χ2v) is 10.0. The number of rotatable bonds is 4. The summed E-state index contributed by atoms with van der Waals surface area (Å²) in [5, 5.41) is 2.37. The fourth-order valence-electron chi connectivity index (χ4n) is 3.47. The largest absolute Gasteiger partial charge is 0.480 e. The maximum Gasteiger partial charge on any atom is 0.263 e. The molecule has 1 aromatic carbocycles. The van der Waals surface area contributed by atoms with E-state index in [1.54, 1.807) is 34.5 Å². The molecule has 3 heterocycles. The number of amides is 1. The van der Waals surface area contributed by atoms with Crippen LogP contribution in [0.15, 0.2) is 39.9 Å². The molecule has 1 fully saturated rings. The zero-order chi connectivity index (χ0) is 19.0. The summed E-state index contributed by atoms with van der Waals surface area (Å²) in [5.41, 5.74) is 0.944. The fraction of sp³-hybridized carbons (Fsp3) is 0.389. The topological polar surface area (TPSA) is 75.7 Å². The van der Waals surface area contributed by atoms with Crippen molar-refractivity contribution in [3.63, 3.8) is 0 Å². The van der Waals surface area contributed by atoms with Gasteiger partial charge in [0.25, 0.3) is 5.91 Å². The summed E-state index contributed by atoms with van der Waals surface area (Å²) in [6, 6.07) is 8.51. The van der Waals surface area contributed by atoms with Gasteiger partial charge in [-0.05, 0) is 48.1 Å². The predicted molar refractivity (Wildman–Crippen MR) is 104 cm³/mol. The molecule has 4 rings (SSSR count). The molecule has 1 atom stereocenters. The van der Waals surface area contributed by atoms with Crippen molar-refractivity contribution in [1.82, 2.24) is 9.62 Å². The minimum Gasteiger partial charge on any atom is -0.480 e. The first-order valence-electron chi connectivity index (χ1n) is 8.72. The predicted octanol–water partition coefficient (Wildman–Crippen LogP) is 2.67. The van der Waals surface area contributed by atoms with Crippen LogP contribution in [-0.2, 0) is 21.2 Å². The molecular formula is C18H19ClN2O4S2. The molecule has 1 amide bonds. The number of carbonyl (C=O) groups is 1. The second kappa shape index (κ2) is 7.43. The van der Waals surface area contributed by atoms with Crippen LogP contribution < -0.4 is 9.46 Å². The van der Waals surface area contributed by atoms with Gasteiger partial charge in [-0.3, -0.25) is 4.79 Å². The molecule has 0 bridgehead atoms. The van der Waals surface area contributed by atoms with Gasteiger partial charge in [0.2, 0.25) is 10.0 Å². The molecule has 1 aromatic heterocycles. The number of nitrogens with zero attached hydrogens (tertiary/aromatic N) is 1. The molecule has 1 N–H and O–H groups in total. The van der Waals surface area contributed by atoms with E-state index in [9.17, 15) is 13.2 Å². The van der Waals surface area contributed by atoms with Crippen molar-refractivity contribution in [3.05, 3.63) is 46.3 Å². The Labute approximate surface area is 167 Å². The van der Waals surface area contributed by atoms with E-state index in [1.165, 1.54) is 11.3 Å². The van der Waals surface area contributed by atoms with Crippen molar-refractivity contribution in [1.29, 1.82) is 0 Å².